The van der Waals surface area contributed by atoms with Gasteiger partial charge in [0.2, 0.25) is 0 Å². The number of urea groups is 3. The summed E-state index contributed by atoms with van der Waals surface area (Å²) in [7, 11) is 2.44. The largest absolute Gasteiger partial charge is 1.00 e. The summed E-state index contributed by atoms with van der Waals surface area (Å²) >= 11 is 22.4. The van der Waals surface area contributed by atoms with Gasteiger partial charge in [0.1, 0.15) is 34.5 Å². The summed E-state index contributed by atoms with van der Waals surface area (Å²) < 4.78 is 58.7. The quantitative estimate of drug-likeness (QED) is 0.0593. The van der Waals surface area contributed by atoms with E-state index >= 15 is 4.39 Å². The molecule has 0 bridgehead atoms. The van der Waals surface area contributed by atoms with Crippen LogP contribution in [0.5, 0.6) is 0 Å². The molecule has 3 aliphatic rings. The fourth-order valence-corrected chi connectivity index (χ4v) is 13.6. The molecule has 12 aromatic rings. The number of carbonyl (C=O) groups excluding carboxylic acids is 8. The number of hydrogen-bond acceptors (Lipinski definition) is 15. The van der Waals surface area contributed by atoms with Gasteiger partial charge in [0.15, 0.2) is 0 Å². The molecule has 6 N–H and O–H groups in total. The molecule has 6 heterocycles. The van der Waals surface area contributed by atoms with Gasteiger partial charge in [-0.3, -0.25) is 24.2 Å². The van der Waals surface area contributed by atoms with Gasteiger partial charge in [-0.25, -0.2) is 41.9 Å². The fourth-order valence-electron chi connectivity index (χ4n) is 12.3. The first-order valence-corrected chi connectivity index (χ1v) is 34.7. The molecule has 25 nitrogen and oxygen atoms in total. The number of esters is 2. The minimum absolute atomic E-state index is 0. The average Bonchev–Trinajstić information content (AvgIpc) is 1.62. The number of aromatic nitrogens is 6. The number of anilines is 2. The van der Waals surface area contributed by atoms with Crippen LogP contribution in [0.2, 0.25) is 15.1 Å². The van der Waals surface area contributed by atoms with E-state index in [0.717, 1.165) is 40.4 Å². The number of methoxy groups -OCH3 is 2. The molecule has 0 atom stereocenters. The summed E-state index contributed by atoms with van der Waals surface area (Å²) in [6.45, 7) is 8.75. The zero-order valence-corrected chi connectivity index (χ0v) is 62.8. The number of amides is 6. The molecular formula is C77H60BrCl3F3LiN12O13. The summed E-state index contributed by atoms with van der Waals surface area (Å²) in [5.41, 5.74) is 6.00. The third-order valence-electron chi connectivity index (χ3n) is 17.7. The Balaban J connectivity index is 0.000000168. The summed E-state index contributed by atoms with van der Waals surface area (Å²) in [5.74, 6) is -6.16. The van der Waals surface area contributed by atoms with Gasteiger partial charge in [0.05, 0.1) is 79.2 Å². The van der Waals surface area contributed by atoms with Crippen LogP contribution in [0.15, 0.2) is 168 Å². The second-order valence-corrected chi connectivity index (χ2v) is 26.5. The van der Waals surface area contributed by atoms with Crippen LogP contribution in [-0.4, -0.2) is 147 Å². The van der Waals surface area contributed by atoms with Crippen molar-refractivity contribution in [2.75, 3.05) is 63.3 Å². The van der Waals surface area contributed by atoms with E-state index in [4.69, 9.17) is 34.8 Å². The molecule has 0 unspecified atom stereocenters. The van der Waals surface area contributed by atoms with E-state index in [1.807, 2.05) is 0 Å². The van der Waals surface area contributed by atoms with Gasteiger partial charge in [0, 0.05) is 88.0 Å². The second-order valence-electron chi connectivity index (χ2n) is 24.4. The Kier molecular flexibility index (Phi) is 25.2. The van der Waals surface area contributed by atoms with Crippen LogP contribution in [0.3, 0.4) is 0 Å². The van der Waals surface area contributed by atoms with E-state index in [1.165, 1.54) is 64.9 Å². The number of rotatable bonds is 11. The monoisotopic (exact) mass is 1610 g/mol. The Morgan fingerprint density at radius 1 is 0.455 bits per heavy atom. The van der Waals surface area contributed by atoms with Crippen molar-refractivity contribution in [3.63, 3.8) is 0 Å². The number of aromatic carboxylic acids is 1. The van der Waals surface area contributed by atoms with Gasteiger partial charge in [-0.2, -0.15) is 29.3 Å². The number of nitrogens with one attached hydrogen (secondary N) is 4. The summed E-state index contributed by atoms with van der Waals surface area (Å²) in [4.78, 5) is 113. The molecular weight excluding hydrogens is 1550 g/mol. The molecule has 0 radical (unpaired) electrons. The molecule has 0 spiro atoms. The number of fused-ring (bicyclic) bond motifs is 3. The summed E-state index contributed by atoms with van der Waals surface area (Å²) in [6.07, 6.45) is 0. The molecule has 0 aliphatic carbocycles. The number of aryl methyl sites for hydroxylation is 3. The number of nitrogens with zero attached hydrogens (tertiary/aromatic N) is 8. The Morgan fingerprint density at radius 2 is 0.791 bits per heavy atom. The Labute approximate surface area is 658 Å². The van der Waals surface area contributed by atoms with Crippen molar-refractivity contribution in [3.05, 3.63) is 251 Å². The Bertz CT molecular complexity index is 5690. The summed E-state index contributed by atoms with van der Waals surface area (Å²) in [5, 5.41) is 35.5. The van der Waals surface area contributed by atoms with Crippen LogP contribution >= 0.6 is 50.7 Å². The van der Waals surface area contributed by atoms with Crippen LogP contribution < -0.4 is 49.9 Å². The number of hydrogen-bond donors (Lipinski definition) is 5. The molecule has 6 amide bonds. The zero-order chi connectivity index (χ0) is 77.1. The molecule has 3 saturated heterocycles. The Morgan fingerprint density at radius 3 is 1.09 bits per heavy atom. The van der Waals surface area contributed by atoms with Crippen molar-refractivity contribution < 1.29 is 95.2 Å². The van der Waals surface area contributed by atoms with Crippen molar-refractivity contribution in [2.24, 2.45) is 0 Å². The third-order valence-corrected chi connectivity index (χ3v) is 19.1. The van der Waals surface area contributed by atoms with Gasteiger partial charge < -0.3 is 41.3 Å². The van der Waals surface area contributed by atoms with Gasteiger partial charge in [-0.15, -0.1) is 0 Å². The van der Waals surface area contributed by atoms with Crippen molar-refractivity contribution in [1.29, 1.82) is 0 Å². The molecule has 3 aromatic heterocycles. The SMILES string of the molecule is COC(=O)c1ccc(-c2nn(C(=O)c3c(C)cccc3Cl)c3cc(Br)ccc23)c(F)c1.COC(=O)c1ccc(-c2nn(C(=O)c3c(C)cccc3Cl)c3cc(N4CCNC4=O)ccc23)c(F)c1.Cc1cccc(Cl)c1C(=O)n1nc(-c2ccc(C(=O)O)cc2F)c2ccc(N3CCNC3=O)cc21.O=C1NCCN1.[Li+].[OH-]. The van der Waals surface area contributed by atoms with Crippen molar-refractivity contribution in [1.82, 2.24) is 50.6 Å². The van der Waals surface area contributed by atoms with Crippen LogP contribution in [0.25, 0.3) is 66.5 Å². The standard InChI is InChI=1S/C26H20ClFN4O4.C25H18ClFN4O4.C23H15BrClFN2O3.C3H6N2O.Li.H2O/c1-14-4-3-5-19(27)22(14)24(33)32-21-13-16(31-11-10-29-26(31)35)7-9-18(21)23(30-32)17-8-6-15(12-20(17)28)25(34)36-2;1-13-3-2-4-18(26)21(13)23(32)31-20-12-15(30-10-9-28-25(30)35)6-8-17(20)22(29-31)16-7-5-14(24(33)34)11-19(16)27;1-12-4-3-5-17(25)20(12)22(29)28-19-11-14(24)7-9-16(19)21(27-28)15-8-6-13(10-18(15)26)23(30)31-2;6-3-4-1-2-5-3;;/h3-9,12-13H,10-11H2,1-2H3,(H,29,35);2-8,11-12H,9-10H2,1H3,(H,28,35)(H,33,34);3-11H,1-2H3;1-2H2,(H2,4,5,6);;1H2/q;;;;+1;/p-1. The van der Waals surface area contributed by atoms with Crippen LogP contribution in [-0.2, 0) is 9.47 Å². The van der Waals surface area contributed by atoms with Gasteiger partial charge >= 0.3 is 54.9 Å². The maximum Gasteiger partial charge on any atom is 1.00 e. The van der Waals surface area contributed by atoms with Crippen LogP contribution in [0, 0.1) is 38.2 Å². The number of ether oxygens (including phenoxy) is 2. The maximum absolute atomic E-state index is 15.2. The normalized spacial score (nSPS) is 12.7. The average molecular weight is 1610 g/mol. The number of halogens is 7. The van der Waals surface area contributed by atoms with E-state index in [1.54, 1.807) is 135 Å². The number of benzene rings is 9. The topological polar surface area (TPSA) is 330 Å². The van der Waals surface area contributed by atoms with E-state index in [-0.39, 0.29) is 114 Å². The van der Waals surface area contributed by atoms with E-state index < -0.39 is 53.1 Å². The second kappa shape index (κ2) is 34.3. The first-order chi connectivity index (χ1) is 51.8. The predicted octanol–water partition coefficient (Wildman–Crippen LogP) is 11.7. The molecule has 3 fully saturated rings. The molecule has 3 aliphatic heterocycles. The fraction of sp³-hybridized carbons (Fsp3) is 0.143. The predicted molar refractivity (Wildman–Crippen MR) is 405 cm³/mol. The van der Waals surface area contributed by atoms with Gasteiger partial charge in [-0.1, -0.05) is 87.1 Å². The van der Waals surface area contributed by atoms with Crippen molar-refractivity contribution in [3.8, 4) is 33.8 Å². The van der Waals surface area contributed by atoms with Crippen molar-refractivity contribution in [2.45, 2.75) is 20.8 Å². The molecule has 0 saturated carbocycles. The molecule has 556 valence electrons. The first kappa shape index (κ1) is 80.8. The third kappa shape index (κ3) is 16.4. The molecule has 110 heavy (non-hydrogen) atoms. The first-order valence-electron chi connectivity index (χ1n) is 32.8. The minimum atomic E-state index is -1.26. The summed E-state index contributed by atoms with van der Waals surface area (Å²) in [6, 6.07) is 41.5. The van der Waals surface area contributed by atoms with E-state index in [2.05, 4.69) is 62.0 Å². The van der Waals surface area contributed by atoms with Gasteiger partial charge in [-0.05, 0) is 165 Å². The van der Waals surface area contributed by atoms with E-state index in [0.29, 0.717) is 97.5 Å². The van der Waals surface area contributed by atoms with E-state index in [9.17, 15) is 57.0 Å². The zero-order valence-electron chi connectivity index (χ0n) is 58.9. The van der Waals surface area contributed by atoms with Crippen molar-refractivity contribution >= 4 is 149 Å². The maximum atomic E-state index is 15.2. The van der Waals surface area contributed by atoms with Crippen LogP contribution in [0.1, 0.15) is 78.8 Å². The smallest absolute Gasteiger partial charge is 0.870 e. The molecule has 15 rings (SSSR count). The minimum Gasteiger partial charge on any atom is -0.870 e. The number of carboxylic acid groups (broad SMARTS) is 1. The number of carbonyl (C=O) groups is 9. The van der Waals surface area contributed by atoms with Gasteiger partial charge in [0.25, 0.3) is 17.7 Å². The number of carboxylic acids is 1. The Hall–Kier alpha value is -11.7. The molecule has 9 aromatic carbocycles. The van der Waals surface area contributed by atoms with Crippen LogP contribution in [0.4, 0.5) is 38.9 Å². The molecule has 33 heteroatoms.